The van der Waals surface area contributed by atoms with Gasteiger partial charge in [0.15, 0.2) is 0 Å². The normalized spacial score (nSPS) is 26.6. The molecule has 3 aromatic heterocycles. The highest BCUT2D eigenvalue weighted by Gasteiger charge is 2.45. The Morgan fingerprint density at radius 3 is 2.74 bits per heavy atom. The van der Waals surface area contributed by atoms with E-state index >= 15 is 0 Å². The zero-order chi connectivity index (χ0) is 26.0. The lowest BCUT2D eigenvalue weighted by Crippen LogP contribution is -2.29. The van der Waals surface area contributed by atoms with Crippen LogP contribution in [-0.2, 0) is 4.79 Å². The van der Waals surface area contributed by atoms with Gasteiger partial charge in [-0.25, -0.2) is 15.0 Å². The lowest BCUT2D eigenvalue weighted by Gasteiger charge is -2.25. The van der Waals surface area contributed by atoms with Crippen LogP contribution < -0.4 is 10.2 Å². The number of imidazole rings is 1. The zero-order valence-corrected chi connectivity index (χ0v) is 21.2. The Morgan fingerprint density at radius 1 is 1.05 bits per heavy atom. The molecule has 4 aromatic rings. The van der Waals surface area contributed by atoms with Crippen molar-refractivity contribution >= 4 is 34.8 Å². The Balaban J connectivity index is 1.11. The largest absolute Gasteiger partial charge is 0.388 e. The molecule has 0 bridgehead atoms. The lowest BCUT2D eigenvalue weighted by molar-refractivity contribution is -0.117. The summed E-state index contributed by atoms with van der Waals surface area (Å²) in [6, 6.07) is 12.8. The van der Waals surface area contributed by atoms with E-state index in [1.54, 1.807) is 6.07 Å². The molecule has 194 valence electrons. The van der Waals surface area contributed by atoms with Gasteiger partial charge in [0.1, 0.15) is 35.8 Å². The first-order chi connectivity index (χ1) is 18.4. The van der Waals surface area contributed by atoms with Crippen molar-refractivity contribution in [2.24, 2.45) is 5.92 Å². The third kappa shape index (κ3) is 4.30. The maximum absolute atomic E-state index is 12.9. The number of β-amino-alcohol motifs (C(OH)–C–C–N with tert-alkyl or cyclic N) is 1. The Kier molecular flexibility index (Phi) is 5.61. The molecule has 9 nitrogen and oxygen atoms in total. The molecule has 0 spiro atoms. The summed E-state index contributed by atoms with van der Waals surface area (Å²) in [6.07, 6.45) is 6.56. The molecule has 7 rings (SSSR count). The second-order valence-corrected chi connectivity index (χ2v) is 11.0. The summed E-state index contributed by atoms with van der Waals surface area (Å²) < 4.78 is 1.98. The summed E-state index contributed by atoms with van der Waals surface area (Å²) in [6.45, 7) is 0.177. The maximum Gasteiger partial charge on any atom is 0.229 e. The fourth-order valence-corrected chi connectivity index (χ4v) is 5.80. The lowest BCUT2D eigenvalue weighted by atomic mass is 10.1. The van der Waals surface area contributed by atoms with Crippen molar-refractivity contribution in [3.05, 3.63) is 83.0 Å². The molecule has 5 atom stereocenters. The average Bonchev–Trinajstić information content (AvgIpc) is 3.83. The maximum atomic E-state index is 12.9. The van der Waals surface area contributed by atoms with E-state index in [1.807, 2.05) is 45.8 Å². The minimum absolute atomic E-state index is 0.107. The van der Waals surface area contributed by atoms with Gasteiger partial charge >= 0.3 is 0 Å². The van der Waals surface area contributed by atoms with Crippen LogP contribution in [0.4, 0.5) is 11.6 Å². The number of hydrogen-bond donors (Lipinski definition) is 3. The van der Waals surface area contributed by atoms with E-state index < -0.39 is 18.2 Å². The molecule has 38 heavy (non-hydrogen) atoms. The second kappa shape index (κ2) is 9.04. The van der Waals surface area contributed by atoms with Gasteiger partial charge in [-0.2, -0.15) is 0 Å². The number of aromatic nitrogens is 4. The van der Waals surface area contributed by atoms with E-state index in [4.69, 9.17) is 16.6 Å². The van der Waals surface area contributed by atoms with Crippen molar-refractivity contribution in [3.8, 4) is 0 Å². The molecule has 3 fully saturated rings. The zero-order valence-electron chi connectivity index (χ0n) is 20.5. The predicted octanol–water partition coefficient (Wildman–Crippen LogP) is 3.68. The van der Waals surface area contributed by atoms with Crippen LogP contribution in [0.5, 0.6) is 0 Å². The van der Waals surface area contributed by atoms with Crippen molar-refractivity contribution < 1.29 is 15.0 Å². The van der Waals surface area contributed by atoms with Gasteiger partial charge in [-0.15, -0.1) is 0 Å². The number of benzene rings is 1. The summed E-state index contributed by atoms with van der Waals surface area (Å²) in [7, 11) is 0. The average molecular weight is 531 g/mol. The fraction of sp³-hybridized carbons (Fsp3) is 0.357. The van der Waals surface area contributed by atoms with E-state index in [1.165, 1.54) is 24.7 Å². The van der Waals surface area contributed by atoms with E-state index in [0.717, 1.165) is 17.6 Å². The molecular formula is C28H27ClN6O3. The number of nitrogens with one attached hydrogen (secondary N) is 1. The van der Waals surface area contributed by atoms with Crippen molar-refractivity contribution in [1.29, 1.82) is 0 Å². The van der Waals surface area contributed by atoms with E-state index in [-0.39, 0.29) is 24.3 Å². The van der Waals surface area contributed by atoms with Crippen LogP contribution in [0, 0.1) is 5.92 Å². The Labute approximate surface area is 224 Å². The molecule has 1 aliphatic heterocycles. The predicted molar refractivity (Wildman–Crippen MR) is 142 cm³/mol. The number of halogens is 1. The second-order valence-electron chi connectivity index (χ2n) is 10.6. The standard InChI is InChI=1S/C28H27ClN6O3/c29-18-3-1-2-16(8-18)19-9-20(19)28(38)33-23-10-25(31-14-30-23)35-13-22(36)27(37)26(35)21-12-34-11-17(15-4-5-15)6-7-24(34)32-21/h1-3,6-8,10-12,14-15,19-20,22,26-27,36-37H,4-5,9,13H2,(H,30,31,33,38)/t19-,20+,22-,26+,27-/m1/s1. The van der Waals surface area contributed by atoms with Crippen LogP contribution >= 0.6 is 11.6 Å². The van der Waals surface area contributed by atoms with Crippen LogP contribution in [0.2, 0.25) is 5.02 Å². The number of hydrogen-bond acceptors (Lipinski definition) is 7. The van der Waals surface area contributed by atoms with Gasteiger partial charge in [-0.05, 0) is 60.4 Å². The van der Waals surface area contributed by atoms with Crippen LogP contribution in [0.1, 0.15) is 54.0 Å². The highest BCUT2D eigenvalue weighted by atomic mass is 35.5. The molecule has 0 unspecified atom stereocenters. The van der Waals surface area contributed by atoms with Crippen molar-refractivity contribution in [1.82, 2.24) is 19.4 Å². The molecule has 1 amide bonds. The number of carbonyl (C=O) groups excluding carboxylic acids is 1. The molecule has 3 aliphatic rings. The first kappa shape index (κ1) is 23.6. The topological polar surface area (TPSA) is 116 Å². The van der Waals surface area contributed by atoms with Gasteiger partial charge in [0, 0.05) is 35.9 Å². The van der Waals surface area contributed by atoms with Gasteiger partial charge in [0.25, 0.3) is 0 Å². The van der Waals surface area contributed by atoms with Crippen LogP contribution in [-0.4, -0.2) is 54.2 Å². The quantitative estimate of drug-likeness (QED) is 0.348. The van der Waals surface area contributed by atoms with E-state index in [9.17, 15) is 15.0 Å². The number of rotatable bonds is 6. The highest BCUT2D eigenvalue weighted by Crippen LogP contribution is 2.48. The van der Waals surface area contributed by atoms with E-state index in [2.05, 4.69) is 27.5 Å². The molecule has 2 aliphatic carbocycles. The minimum Gasteiger partial charge on any atom is -0.388 e. The van der Waals surface area contributed by atoms with Crippen LogP contribution in [0.25, 0.3) is 5.65 Å². The van der Waals surface area contributed by atoms with Crippen molar-refractivity contribution in [2.45, 2.75) is 49.3 Å². The smallest absolute Gasteiger partial charge is 0.229 e. The number of aliphatic hydroxyl groups is 2. The third-order valence-corrected chi connectivity index (χ3v) is 8.12. The first-order valence-corrected chi connectivity index (χ1v) is 13.3. The number of pyridine rings is 1. The van der Waals surface area contributed by atoms with Gasteiger partial charge in [-0.1, -0.05) is 29.8 Å². The number of fused-ring (bicyclic) bond motifs is 1. The molecule has 1 saturated heterocycles. The molecule has 1 aromatic carbocycles. The number of aliphatic hydroxyl groups excluding tert-OH is 2. The minimum atomic E-state index is -1.04. The van der Waals surface area contributed by atoms with Crippen molar-refractivity contribution in [3.63, 3.8) is 0 Å². The highest BCUT2D eigenvalue weighted by molar-refractivity contribution is 6.30. The van der Waals surface area contributed by atoms with Gasteiger partial charge in [0.2, 0.25) is 5.91 Å². The van der Waals surface area contributed by atoms with E-state index in [0.29, 0.717) is 28.3 Å². The van der Waals surface area contributed by atoms with Crippen LogP contribution in [0.15, 0.2) is 61.2 Å². The molecular weight excluding hydrogens is 504 g/mol. The summed E-state index contributed by atoms with van der Waals surface area (Å²) in [4.78, 5) is 28.1. The number of carbonyl (C=O) groups is 1. The van der Waals surface area contributed by atoms with Gasteiger partial charge < -0.3 is 24.8 Å². The first-order valence-electron chi connectivity index (χ1n) is 12.9. The number of nitrogens with zero attached hydrogens (tertiary/aromatic N) is 5. The van der Waals surface area contributed by atoms with Crippen molar-refractivity contribution in [2.75, 3.05) is 16.8 Å². The molecule has 3 N–H and O–H groups in total. The SMILES string of the molecule is O=C(Nc1cc(N2C[C@@H](O)[C@@H](O)[C@@H]2c2cn3cc(C4CC4)ccc3n2)ncn1)[C@H]1C[C@@H]1c1cccc(Cl)c1. The Hall–Kier alpha value is -3.53. The summed E-state index contributed by atoms with van der Waals surface area (Å²) in [5.74, 6) is 1.37. The Morgan fingerprint density at radius 2 is 1.92 bits per heavy atom. The molecule has 10 heteroatoms. The summed E-state index contributed by atoms with van der Waals surface area (Å²) >= 11 is 6.11. The summed E-state index contributed by atoms with van der Waals surface area (Å²) in [5.41, 5.74) is 3.77. The molecule has 4 heterocycles. The molecule has 0 radical (unpaired) electrons. The van der Waals surface area contributed by atoms with Gasteiger partial charge in [-0.3, -0.25) is 4.79 Å². The Bertz CT molecular complexity index is 1540. The molecule has 2 saturated carbocycles. The number of anilines is 2. The number of amides is 1. The third-order valence-electron chi connectivity index (χ3n) is 7.88. The monoisotopic (exact) mass is 530 g/mol. The van der Waals surface area contributed by atoms with Crippen LogP contribution in [0.3, 0.4) is 0 Å². The summed E-state index contributed by atoms with van der Waals surface area (Å²) in [5, 5.41) is 25.0. The van der Waals surface area contributed by atoms with Gasteiger partial charge in [0.05, 0.1) is 11.8 Å². The fourth-order valence-electron chi connectivity index (χ4n) is 5.60.